The number of hydrogen-bond acceptors (Lipinski definition) is 4. The Kier molecular flexibility index (Phi) is 6.80. The molecule has 0 aliphatic carbocycles. The molecule has 0 aromatic heterocycles. The Hall–Kier alpha value is -1.98. The SMILES string of the molecule is CC(=O)c1ccc(OCCCC(=O)N[C@@H]2CCSc3ccc(Cl)cc32)cc1. The summed E-state index contributed by atoms with van der Waals surface area (Å²) in [5.74, 6) is 1.74. The number of amides is 1. The van der Waals surface area contributed by atoms with Crippen LogP contribution in [0.25, 0.3) is 0 Å². The van der Waals surface area contributed by atoms with Gasteiger partial charge in [0.1, 0.15) is 5.75 Å². The van der Waals surface area contributed by atoms with Crippen molar-refractivity contribution in [2.45, 2.75) is 37.1 Å². The van der Waals surface area contributed by atoms with Crippen LogP contribution in [0.2, 0.25) is 5.02 Å². The molecule has 0 bridgehead atoms. The smallest absolute Gasteiger partial charge is 0.220 e. The number of benzene rings is 2. The Bertz CT molecular complexity index is 823. The molecule has 2 aromatic rings. The van der Waals surface area contributed by atoms with Crippen molar-refractivity contribution in [3.63, 3.8) is 0 Å². The van der Waals surface area contributed by atoms with Gasteiger partial charge in [-0.25, -0.2) is 0 Å². The molecular weight excluding hydrogens is 382 g/mol. The molecule has 0 saturated carbocycles. The summed E-state index contributed by atoms with van der Waals surface area (Å²) in [4.78, 5) is 24.7. The van der Waals surface area contributed by atoms with Gasteiger partial charge >= 0.3 is 0 Å². The van der Waals surface area contributed by atoms with Gasteiger partial charge in [0.05, 0.1) is 12.6 Å². The van der Waals surface area contributed by atoms with E-state index in [1.165, 1.54) is 11.8 Å². The zero-order chi connectivity index (χ0) is 19.2. The monoisotopic (exact) mass is 403 g/mol. The molecule has 3 rings (SSSR count). The van der Waals surface area contributed by atoms with Gasteiger partial charge in [-0.2, -0.15) is 0 Å². The Morgan fingerprint density at radius 3 is 2.74 bits per heavy atom. The minimum absolute atomic E-state index is 0.0208. The van der Waals surface area contributed by atoms with Crippen LogP contribution in [-0.2, 0) is 4.79 Å². The third-order valence-electron chi connectivity index (χ3n) is 4.42. The lowest BCUT2D eigenvalue weighted by Gasteiger charge is -2.26. The summed E-state index contributed by atoms with van der Waals surface area (Å²) in [6.45, 7) is 1.99. The first-order valence-electron chi connectivity index (χ1n) is 8.98. The molecule has 1 heterocycles. The number of thioether (sulfide) groups is 1. The zero-order valence-electron chi connectivity index (χ0n) is 15.2. The Morgan fingerprint density at radius 2 is 2.00 bits per heavy atom. The van der Waals surface area contributed by atoms with Gasteiger partial charge in [-0.15, -0.1) is 11.8 Å². The molecule has 0 radical (unpaired) electrons. The fraction of sp³-hybridized carbons (Fsp3) is 0.333. The molecule has 0 spiro atoms. The van der Waals surface area contributed by atoms with Gasteiger partial charge in [-0.05, 0) is 67.8 Å². The van der Waals surface area contributed by atoms with E-state index in [0.717, 1.165) is 17.7 Å². The number of carbonyl (C=O) groups is 2. The van der Waals surface area contributed by atoms with E-state index in [9.17, 15) is 9.59 Å². The summed E-state index contributed by atoms with van der Waals surface area (Å²) >= 11 is 7.91. The lowest BCUT2D eigenvalue weighted by molar-refractivity contribution is -0.122. The van der Waals surface area contributed by atoms with Crippen LogP contribution in [-0.4, -0.2) is 24.1 Å². The quantitative estimate of drug-likeness (QED) is 0.518. The van der Waals surface area contributed by atoms with Crippen LogP contribution in [0.1, 0.15) is 48.1 Å². The van der Waals surface area contributed by atoms with Gasteiger partial charge in [0.15, 0.2) is 5.78 Å². The number of ether oxygens (including phenoxy) is 1. The third-order valence-corrected chi connectivity index (χ3v) is 5.78. The molecule has 2 aromatic carbocycles. The number of ketones is 1. The number of rotatable bonds is 7. The molecular formula is C21H22ClNO3S. The van der Waals surface area contributed by atoms with Crippen molar-refractivity contribution < 1.29 is 14.3 Å². The number of Topliss-reactive ketones (excluding diaryl/α,β-unsaturated/α-hetero) is 1. The summed E-state index contributed by atoms with van der Waals surface area (Å²) in [6.07, 6.45) is 1.94. The van der Waals surface area contributed by atoms with Crippen LogP contribution in [0.4, 0.5) is 0 Å². The van der Waals surface area contributed by atoms with Crippen molar-refractivity contribution in [3.05, 3.63) is 58.6 Å². The van der Waals surface area contributed by atoms with Crippen molar-refractivity contribution in [2.75, 3.05) is 12.4 Å². The van der Waals surface area contributed by atoms with Gasteiger partial charge in [0.2, 0.25) is 5.91 Å². The van der Waals surface area contributed by atoms with E-state index < -0.39 is 0 Å². The summed E-state index contributed by atoms with van der Waals surface area (Å²) in [7, 11) is 0. The lowest BCUT2D eigenvalue weighted by atomic mass is 10.0. The first-order valence-corrected chi connectivity index (χ1v) is 10.3. The predicted octanol–water partition coefficient (Wildman–Crippen LogP) is 5.05. The van der Waals surface area contributed by atoms with Crippen LogP contribution < -0.4 is 10.1 Å². The topological polar surface area (TPSA) is 55.4 Å². The van der Waals surface area contributed by atoms with E-state index in [1.807, 2.05) is 18.2 Å². The van der Waals surface area contributed by atoms with Gasteiger partial charge in [0.25, 0.3) is 0 Å². The first kappa shape index (κ1) is 19.8. The van der Waals surface area contributed by atoms with Gasteiger partial charge in [-0.1, -0.05) is 11.6 Å². The van der Waals surface area contributed by atoms with E-state index in [2.05, 4.69) is 5.32 Å². The van der Waals surface area contributed by atoms with Crippen molar-refractivity contribution in [3.8, 4) is 5.75 Å². The van der Waals surface area contributed by atoms with E-state index in [4.69, 9.17) is 16.3 Å². The fourth-order valence-corrected chi connectivity index (χ4v) is 4.28. The van der Waals surface area contributed by atoms with Gasteiger partial charge in [0, 0.05) is 27.7 Å². The van der Waals surface area contributed by atoms with Crippen molar-refractivity contribution in [2.24, 2.45) is 0 Å². The summed E-state index contributed by atoms with van der Waals surface area (Å²) in [5.41, 5.74) is 1.77. The highest BCUT2D eigenvalue weighted by molar-refractivity contribution is 7.99. The Labute approximate surface area is 168 Å². The van der Waals surface area contributed by atoms with Crippen LogP contribution in [0.5, 0.6) is 5.75 Å². The number of carbonyl (C=O) groups excluding carboxylic acids is 2. The molecule has 6 heteroatoms. The molecule has 1 atom stereocenters. The highest BCUT2D eigenvalue weighted by atomic mass is 35.5. The maximum atomic E-state index is 12.3. The largest absolute Gasteiger partial charge is 0.494 e. The van der Waals surface area contributed by atoms with E-state index in [-0.39, 0.29) is 17.7 Å². The molecule has 1 aliphatic heterocycles. The fourth-order valence-electron chi connectivity index (χ4n) is 2.99. The van der Waals surface area contributed by atoms with Crippen molar-refractivity contribution in [1.82, 2.24) is 5.32 Å². The second kappa shape index (κ2) is 9.29. The molecule has 0 saturated heterocycles. The number of hydrogen-bond donors (Lipinski definition) is 1. The standard InChI is InChI=1S/C21H22ClNO3S/c1-14(24)15-4-7-17(8-5-15)26-11-2-3-21(25)23-19-10-12-27-20-9-6-16(22)13-18(19)20/h4-9,13,19H,2-3,10-12H2,1H3,(H,23,25)/t19-/m1/s1. The summed E-state index contributed by atoms with van der Waals surface area (Å²) in [6, 6.07) is 12.9. The van der Waals surface area contributed by atoms with Gasteiger partial charge < -0.3 is 10.1 Å². The van der Waals surface area contributed by atoms with Crippen LogP contribution in [0.3, 0.4) is 0 Å². The zero-order valence-corrected chi connectivity index (χ0v) is 16.7. The molecule has 142 valence electrons. The Morgan fingerprint density at radius 1 is 1.22 bits per heavy atom. The second-order valence-corrected chi connectivity index (χ2v) is 8.05. The van der Waals surface area contributed by atoms with Crippen LogP contribution >= 0.6 is 23.4 Å². The molecule has 27 heavy (non-hydrogen) atoms. The predicted molar refractivity (Wildman–Crippen MR) is 109 cm³/mol. The molecule has 1 amide bonds. The molecule has 1 N–H and O–H groups in total. The van der Waals surface area contributed by atoms with E-state index >= 15 is 0 Å². The first-order chi connectivity index (χ1) is 13.0. The molecule has 0 fully saturated rings. The molecule has 0 unspecified atom stereocenters. The minimum Gasteiger partial charge on any atom is -0.494 e. The summed E-state index contributed by atoms with van der Waals surface area (Å²) < 4.78 is 5.64. The molecule has 1 aliphatic rings. The highest BCUT2D eigenvalue weighted by Crippen LogP contribution is 2.37. The summed E-state index contributed by atoms with van der Waals surface area (Å²) in [5, 5.41) is 3.81. The average Bonchev–Trinajstić information content (AvgIpc) is 2.66. The minimum atomic E-state index is 0.0208. The van der Waals surface area contributed by atoms with E-state index in [1.54, 1.807) is 36.0 Å². The maximum Gasteiger partial charge on any atom is 0.220 e. The van der Waals surface area contributed by atoms with E-state index in [0.29, 0.717) is 35.8 Å². The second-order valence-electron chi connectivity index (χ2n) is 6.47. The average molecular weight is 404 g/mol. The third kappa shape index (κ3) is 5.50. The number of fused-ring (bicyclic) bond motifs is 1. The number of nitrogens with one attached hydrogen (secondary N) is 1. The molecule has 4 nitrogen and oxygen atoms in total. The van der Waals surface area contributed by atoms with Crippen LogP contribution in [0.15, 0.2) is 47.4 Å². The lowest BCUT2D eigenvalue weighted by Crippen LogP contribution is -2.30. The van der Waals surface area contributed by atoms with Crippen LogP contribution in [0, 0.1) is 0 Å². The Balaban J connectivity index is 1.44. The number of halogens is 1. The highest BCUT2D eigenvalue weighted by Gasteiger charge is 2.22. The van der Waals surface area contributed by atoms with Crippen molar-refractivity contribution in [1.29, 1.82) is 0 Å². The maximum absolute atomic E-state index is 12.3. The van der Waals surface area contributed by atoms with Gasteiger partial charge in [-0.3, -0.25) is 9.59 Å². The van der Waals surface area contributed by atoms with Crippen molar-refractivity contribution >= 4 is 35.1 Å². The normalized spacial score (nSPS) is 15.7.